The molecule has 1 N–H and O–H groups in total. The van der Waals surface area contributed by atoms with Crippen LogP contribution in [0.3, 0.4) is 0 Å². The number of aromatic nitrogens is 2. The molecule has 34 heavy (non-hydrogen) atoms. The first-order valence-electron chi connectivity index (χ1n) is 10.9. The molecule has 0 spiro atoms. The maximum absolute atomic E-state index is 13.0. The van der Waals surface area contributed by atoms with Gasteiger partial charge in [-0.05, 0) is 66.9 Å². The summed E-state index contributed by atoms with van der Waals surface area (Å²) in [5, 5.41) is 9.84. The molecule has 0 bridgehead atoms. The van der Waals surface area contributed by atoms with Gasteiger partial charge in [-0.15, -0.1) is 0 Å². The van der Waals surface area contributed by atoms with Gasteiger partial charge in [-0.3, -0.25) is 4.57 Å². The molecule has 0 aliphatic rings. The van der Waals surface area contributed by atoms with E-state index in [1.807, 2.05) is 73.0 Å². The van der Waals surface area contributed by atoms with E-state index in [0.29, 0.717) is 0 Å². The second kappa shape index (κ2) is 9.73. The standard InChI is InChI=1S/C27H25F3N2O2/c1-18(2)34-23-12-10-22(11-13-23)32-17-31-24-15-20(7-14-25(24)32)4-3-19-5-8-21(9-6-19)27(33,16-28)26(29)30/h3-15,17-18,26,33H,16H2,1-2H3. The third kappa shape index (κ3) is 4.84. The molecule has 1 aromatic heterocycles. The molecule has 4 rings (SSSR count). The van der Waals surface area contributed by atoms with Gasteiger partial charge in [0.2, 0.25) is 0 Å². The Balaban J connectivity index is 1.52. The monoisotopic (exact) mass is 466 g/mol. The zero-order chi connectivity index (χ0) is 24.3. The van der Waals surface area contributed by atoms with Gasteiger partial charge in [0.1, 0.15) is 18.8 Å². The Hall–Kier alpha value is -3.58. The van der Waals surface area contributed by atoms with Crippen molar-refractivity contribution < 1.29 is 23.0 Å². The van der Waals surface area contributed by atoms with Gasteiger partial charge in [0.25, 0.3) is 6.43 Å². The molecule has 0 fully saturated rings. The zero-order valence-electron chi connectivity index (χ0n) is 18.8. The summed E-state index contributed by atoms with van der Waals surface area (Å²) in [6.07, 6.45) is 2.35. The lowest BCUT2D eigenvalue weighted by atomic mass is 9.94. The SMILES string of the molecule is CC(C)Oc1ccc(-n2cnc3cc(C=Cc4ccc(C(O)(CF)C(F)F)cc4)ccc32)cc1. The number of fused-ring (bicyclic) bond motifs is 1. The number of imidazole rings is 1. The van der Waals surface area contributed by atoms with Crippen molar-refractivity contribution in [3.8, 4) is 11.4 Å². The highest BCUT2D eigenvalue weighted by atomic mass is 19.3. The van der Waals surface area contributed by atoms with Crippen LogP contribution in [0.4, 0.5) is 13.2 Å². The number of ether oxygens (including phenoxy) is 1. The summed E-state index contributed by atoms with van der Waals surface area (Å²) in [5.41, 5.74) is 1.45. The highest BCUT2D eigenvalue weighted by Gasteiger charge is 2.39. The van der Waals surface area contributed by atoms with E-state index < -0.39 is 18.7 Å². The number of alkyl halides is 3. The number of hydrogen-bond donors (Lipinski definition) is 1. The normalized spacial score (nSPS) is 13.8. The van der Waals surface area contributed by atoms with E-state index in [4.69, 9.17) is 4.74 Å². The van der Waals surface area contributed by atoms with Gasteiger partial charge in [-0.25, -0.2) is 18.2 Å². The van der Waals surface area contributed by atoms with Gasteiger partial charge in [0.05, 0.1) is 17.1 Å². The molecule has 0 aliphatic carbocycles. The molecule has 0 saturated carbocycles. The van der Waals surface area contributed by atoms with Crippen LogP contribution in [-0.2, 0) is 5.60 Å². The van der Waals surface area contributed by atoms with Crippen molar-refractivity contribution >= 4 is 23.2 Å². The molecule has 7 heteroatoms. The van der Waals surface area contributed by atoms with Crippen molar-refractivity contribution in [3.05, 3.63) is 89.7 Å². The first-order valence-corrected chi connectivity index (χ1v) is 10.9. The van der Waals surface area contributed by atoms with Crippen molar-refractivity contribution in [1.29, 1.82) is 0 Å². The van der Waals surface area contributed by atoms with Crippen LogP contribution in [0.15, 0.2) is 73.1 Å². The summed E-state index contributed by atoms with van der Waals surface area (Å²) in [6.45, 7) is 2.41. The van der Waals surface area contributed by atoms with Crippen molar-refractivity contribution in [2.24, 2.45) is 0 Å². The zero-order valence-corrected chi connectivity index (χ0v) is 18.8. The maximum atomic E-state index is 13.0. The fourth-order valence-electron chi connectivity index (χ4n) is 3.63. The summed E-state index contributed by atoms with van der Waals surface area (Å²) in [5.74, 6) is 0.812. The van der Waals surface area contributed by atoms with Gasteiger partial charge < -0.3 is 9.84 Å². The average Bonchev–Trinajstić information content (AvgIpc) is 3.26. The number of aliphatic hydroxyl groups is 1. The van der Waals surface area contributed by atoms with Crippen LogP contribution in [-0.4, -0.2) is 33.9 Å². The van der Waals surface area contributed by atoms with Gasteiger partial charge in [0.15, 0.2) is 5.60 Å². The molecular weight excluding hydrogens is 441 g/mol. The number of halogens is 3. The molecule has 0 radical (unpaired) electrons. The van der Waals surface area contributed by atoms with E-state index in [1.54, 1.807) is 18.5 Å². The molecule has 1 atom stereocenters. The fraction of sp³-hybridized carbons (Fsp3) is 0.222. The Morgan fingerprint density at radius 1 is 0.971 bits per heavy atom. The topological polar surface area (TPSA) is 47.3 Å². The molecule has 0 amide bonds. The second-order valence-corrected chi connectivity index (χ2v) is 8.34. The van der Waals surface area contributed by atoms with Crippen molar-refractivity contribution in [2.75, 3.05) is 6.67 Å². The van der Waals surface area contributed by atoms with E-state index in [1.165, 1.54) is 12.1 Å². The van der Waals surface area contributed by atoms with Crippen molar-refractivity contribution in [2.45, 2.75) is 32.0 Å². The minimum Gasteiger partial charge on any atom is -0.491 e. The van der Waals surface area contributed by atoms with Crippen molar-refractivity contribution in [3.63, 3.8) is 0 Å². The summed E-state index contributed by atoms with van der Waals surface area (Å²) >= 11 is 0. The third-order valence-electron chi connectivity index (χ3n) is 5.50. The molecule has 0 saturated heterocycles. The van der Waals surface area contributed by atoms with Crippen LogP contribution in [0, 0.1) is 0 Å². The number of rotatable bonds is 8. The Morgan fingerprint density at radius 3 is 2.24 bits per heavy atom. The van der Waals surface area contributed by atoms with E-state index in [0.717, 1.165) is 33.6 Å². The first kappa shape index (κ1) is 23.6. The maximum Gasteiger partial charge on any atom is 0.273 e. The van der Waals surface area contributed by atoms with Crippen LogP contribution >= 0.6 is 0 Å². The van der Waals surface area contributed by atoms with Crippen molar-refractivity contribution in [1.82, 2.24) is 9.55 Å². The van der Waals surface area contributed by atoms with E-state index in [9.17, 15) is 18.3 Å². The first-order chi connectivity index (χ1) is 16.3. The fourth-order valence-corrected chi connectivity index (χ4v) is 3.63. The third-order valence-corrected chi connectivity index (χ3v) is 5.50. The Bertz CT molecular complexity index is 1280. The Labute approximate surface area is 196 Å². The predicted octanol–water partition coefficient (Wildman–Crippen LogP) is 6.41. The lowest BCUT2D eigenvalue weighted by molar-refractivity contribution is -0.114. The minimum atomic E-state index is -3.21. The number of nitrogens with zero attached hydrogens (tertiary/aromatic N) is 2. The van der Waals surface area contributed by atoms with E-state index in [2.05, 4.69) is 4.98 Å². The molecule has 1 heterocycles. The number of benzene rings is 3. The Morgan fingerprint density at radius 2 is 1.62 bits per heavy atom. The van der Waals surface area contributed by atoms with Gasteiger partial charge in [-0.2, -0.15) is 0 Å². The molecule has 0 aliphatic heterocycles. The minimum absolute atomic E-state index is 0.111. The second-order valence-electron chi connectivity index (χ2n) is 8.34. The Kier molecular flexibility index (Phi) is 6.75. The molecule has 4 nitrogen and oxygen atoms in total. The predicted molar refractivity (Wildman–Crippen MR) is 128 cm³/mol. The van der Waals surface area contributed by atoms with Crippen LogP contribution in [0.5, 0.6) is 5.75 Å². The summed E-state index contributed by atoms with van der Waals surface area (Å²) in [6, 6.07) is 19.5. The summed E-state index contributed by atoms with van der Waals surface area (Å²) in [4.78, 5) is 4.51. The van der Waals surface area contributed by atoms with Crippen LogP contribution in [0.1, 0.15) is 30.5 Å². The van der Waals surface area contributed by atoms with Crippen LogP contribution in [0.25, 0.3) is 28.9 Å². The van der Waals surface area contributed by atoms with Gasteiger partial charge in [-0.1, -0.05) is 42.5 Å². The summed E-state index contributed by atoms with van der Waals surface area (Å²) in [7, 11) is 0. The largest absolute Gasteiger partial charge is 0.491 e. The highest BCUT2D eigenvalue weighted by Crippen LogP contribution is 2.29. The lowest BCUT2D eigenvalue weighted by Crippen LogP contribution is -2.36. The van der Waals surface area contributed by atoms with E-state index in [-0.39, 0.29) is 11.7 Å². The van der Waals surface area contributed by atoms with Gasteiger partial charge in [0, 0.05) is 5.69 Å². The van der Waals surface area contributed by atoms with Crippen LogP contribution in [0.2, 0.25) is 0 Å². The number of hydrogen-bond acceptors (Lipinski definition) is 3. The van der Waals surface area contributed by atoms with Gasteiger partial charge >= 0.3 is 0 Å². The lowest BCUT2D eigenvalue weighted by Gasteiger charge is -2.24. The van der Waals surface area contributed by atoms with E-state index >= 15 is 0 Å². The highest BCUT2D eigenvalue weighted by molar-refractivity contribution is 5.82. The molecule has 4 aromatic rings. The molecular formula is C27H25F3N2O2. The average molecular weight is 467 g/mol. The molecule has 176 valence electrons. The smallest absolute Gasteiger partial charge is 0.273 e. The quantitative estimate of drug-likeness (QED) is 0.306. The molecule has 1 unspecified atom stereocenters. The summed E-state index contributed by atoms with van der Waals surface area (Å²) < 4.78 is 46.7. The molecule has 3 aromatic carbocycles. The van der Waals surface area contributed by atoms with Crippen LogP contribution < -0.4 is 4.74 Å².